The second-order valence-electron chi connectivity index (χ2n) is 4.10. The average molecular weight is 249 g/mol. The lowest BCUT2D eigenvalue weighted by Gasteiger charge is -2.16. The molecule has 0 aliphatic rings. The number of hydrogen-bond acceptors (Lipinski definition) is 4. The maximum absolute atomic E-state index is 13.6. The predicted octanol–water partition coefficient (Wildman–Crippen LogP) is 1.09. The molecule has 0 radical (unpaired) electrons. The van der Waals surface area contributed by atoms with Crippen molar-refractivity contribution in [3.05, 3.63) is 47.8 Å². The van der Waals surface area contributed by atoms with Crippen molar-refractivity contribution in [2.75, 3.05) is 0 Å². The molecule has 0 bridgehead atoms. The van der Waals surface area contributed by atoms with E-state index in [-0.39, 0.29) is 11.9 Å². The van der Waals surface area contributed by atoms with Crippen LogP contribution < -0.4 is 11.3 Å². The van der Waals surface area contributed by atoms with Gasteiger partial charge < -0.3 is 0 Å². The van der Waals surface area contributed by atoms with Crippen molar-refractivity contribution in [2.24, 2.45) is 12.9 Å². The highest BCUT2D eigenvalue weighted by molar-refractivity contribution is 5.17. The number of aromatic nitrogens is 3. The number of aryl methyl sites for hydroxylation is 2. The predicted molar refractivity (Wildman–Crippen MR) is 65.8 cm³/mol. The van der Waals surface area contributed by atoms with Crippen molar-refractivity contribution >= 4 is 0 Å². The maximum atomic E-state index is 13.6. The van der Waals surface area contributed by atoms with E-state index in [1.807, 2.05) is 13.1 Å². The summed E-state index contributed by atoms with van der Waals surface area (Å²) in [5, 5.41) is 4.09. The zero-order valence-electron chi connectivity index (χ0n) is 10.2. The second kappa shape index (κ2) is 5.70. The fourth-order valence-electron chi connectivity index (χ4n) is 1.94. The van der Waals surface area contributed by atoms with Crippen LogP contribution in [0.1, 0.15) is 23.7 Å². The van der Waals surface area contributed by atoms with Gasteiger partial charge in [0.05, 0.1) is 6.20 Å². The van der Waals surface area contributed by atoms with Crippen molar-refractivity contribution in [2.45, 2.75) is 18.9 Å². The fraction of sp³-hybridized carbons (Fsp3) is 0.333. The number of rotatable bonds is 5. The van der Waals surface area contributed by atoms with Gasteiger partial charge in [-0.05, 0) is 25.0 Å². The minimum atomic E-state index is -0.342. The molecule has 3 N–H and O–H groups in total. The Balaban J connectivity index is 2.07. The van der Waals surface area contributed by atoms with Crippen LogP contribution in [0.25, 0.3) is 0 Å². The molecule has 1 atom stereocenters. The normalized spacial score (nSPS) is 12.6. The van der Waals surface area contributed by atoms with Gasteiger partial charge in [-0.1, -0.05) is 0 Å². The van der Waals surface area contributed by atoms with Crippen molar-refractivity contribution in [3.8, 4) is 0 Å². The lowest BCUT2D eigenvalue weighted by molar-refractivity contribution is 0.477. The molecule has 2 rings (SSSR count). The third kappa shape index (κ3) is 2.72. The smallest absolute Gasteiger partial charge is 0.146 e. The average Bonchev–Trinajstić information content (AvgIpc) is 2.78. The Hall–Kier alpha value is -1.79. The van der Waals surface area contributed by atoms with E-state index in [4.69, 9.17) is 5.84 Å². The van der Waals surface area contributed by atoms with Gasteiger partial charge in [-0.2, -0.15) is 5.10 Å². The molecule has 0 amide bonds. The van der Waals surface area contributed by atoms with Crippen molar-refractivity contribution in [1.82, 2.24) is 20.2 Å². The molecular weight excluding hydrogens is 233 g/mol. The molecule has 1 unspecified atom stereocenters. The van der Waals surface area contributed by atoms with E-state index < -0.39 is 0 Å². The Kier molecular flexibility index (Phi) is 4.01. The maximum Gasteiger partial charge on any atom is 0.146 e. The van der Waals surface area contributed by atoms with E-state index in [1.165, 1.54) is 6.20 Å². The molecule has 0 aliphatic heterocycles. The van der Waals surface area contributed by atoms with E-state index in [9.17, 15) is 4.39 Å². The second-order valence-corrected chi connectivity index (χ2v) is 4.10. The molecule has 2 aromatic rings. The Morgan fingerprint density at radius 1 is 1.44 bits per heavy atom. The fourth-order valence-corrected chi connectivity index (χ4v) is 1.94. The summed E-state index contributed by atoms with van der Waals surface area (Å²) >= 11 is 0. The van der Waals surface area contributed by atoms with E-state index in [0.29, 0.717) is 12.0 Å². The molecule has 0 fully saturated rings. The molecular formula is C12H16FN5. The summed E-state index contributed by atoms with van der Waals surface area (Å²) in [7, 11) is 1.88. The number of hydrazine groups is 1. The van der Waals surface area contributed by atoms with E-state index in [0.717, 1.165) is 12.1 Å². The van der Waals surface area contributed by atoms with Gasteiger partial charge in [0.25, 0.3) is 0 Å². The van der Waals surface area contributed by atoms with Crippen molar-refractivity contribution in [3.63, 3.8) is 0 Å². The van der Waals surface area contributed by atoms with E-state index >= 15 is 0 Å². The van der Waals surface area contributed by atoms with Gasteiger partial charge in [0, 0.05) is 36.7 Å². The third-order valence-corrected chi connectivity index (χ3v) is 2.99. The van der Waals surface area contributed by atoms with E-state index in [2.05, 4.69) is 15.5 Å². The first kappa shape index (κ1) is 12.7. The van der Waals surface area contributed by atoms with Crippen LogP contribution in [0.2, 0.25) is 0 Å². The number of nitrogens with one attached hydrogen (secondary N) is 1. The van der Waals surface area contributed by atoms with Gasteiger partial charge in [0.1, 0.15) is 5.82 Å². The number of nitrogens with two attached hydrogens (primary N) is 1. The molecule has 18 heavy (non-hydrogen) atoms. The molecule has 0 aliphatic carbocycles. The van der Waals surface area contributed by atoms with E-state index in [1.54, 1.807) is 23.1 Å². The largest absolute Gasteiger partial charge is 0.273 e. The van der Waals surface area contributed by atoms with Crippen LogP contribution in [0.5, 0.6) is 0 Å². The summed E-state index contributed by atoms with van der Waals surface area (Å²) in [5.41, 5.74) is 4.27. The molecule has 2 aromatic heterocycles. The topological polar surface area (TPSA) is 68.8 Å². The highest BCUT2D eigenvalue weighted by atomic mass is 19.1. The first-order chi connectivity index (χ1) is 8.72. The quantitative estimate of drug-likeness (QED) is 0.615. The van der Waals surface area contributed by atoms with Gasteiger partial charge in [-0.3, -0.25) is 20.9 Å². The van der Waals surface area contributed by atoms with Crippen LogP contribution in [0.15, 0.2) is 30.7 Å². The molecule has 96 valence electrons. The molecule has 5 nitrogen and oxygen atoms in total. The number of pyridine rings is 1. The zero-order chi connectivity index (χ0) is 13.0. The monoisotopic (exact) mass is 249 g/mol. The molecule has 2 heterocycles. The van der Waals surface area contributed by atoms with Crippen LogP contribution in [0.3, 0.4) is 0 Å². The first-order valence-electron chi connectivity index (χ1n) is 5.74. The summed E-state index contributed by atoms with van der Waals surface area (Å²) in [6.45, 7) is 0. The molecule has 0 aromatic carbocycles. The summed E-state index contributed by atoms with van der Waals surface area (Å²) in [6.07, 6.45) is 5.97. The summed E-state index contributed by atoms with van der Waals surface area (Å²) in [4.78, 5) is 3.73. The van der Waals surface area contributed by atoms with Gasteiger partial charge >= 0.3 is 0 Å². The highest BCUT2D eigenvalue weighted by Gasteiger charge is 2.14. The molecule has 6 heteroatoms. The standard InChI is InChI=1S/C12H16FN5/c1-18-9(4-7-16-18)2-3-12(17-14)10-5-6-15-8-11(10)13/h4-8,12,17H,2-3,14H2,1H3. The molecule has 0 saturated carbocycles. The summed E-state index contributed by atoms with van der Waals surface area (Å²) in [6, 6.07) is 3.35. The number of nitrogens with zero attached hydrogens (tertiary/aromatic N) is 3. The summed E-state index contributed by atoms with van der Waals surface area (Å²) in [5.74, 6) is 5.15. The first-order valence-corrected chi connectivity index (χ1v) is 5.74. The van der Waals surface area contributed by atoms with Gasteiger partial charge in [-0.25, -0.2) is 4.39 Å². The third-order valence-electron chi connectivity index (χ3n) is 2.99. The summed E-state index contributed by atoms with van der Waals surface area (Å²) < 4.78 is 15.4. The Labute approximate surface area is 105 Å². The zero-order valence-corrected chi connectivity index (χ0v) is 10.2. The minimum absolute atomic E-state index is 0.233. The van der Waals surface area contributed by atoms with Gasteiger partial charge in [0.2, 0.25) is 0 Å². The Morgan fingerprint density at radius 2 is 2.28 bits per heavy atom. The number of hydrogen-bond donors (Lipinski definition) is 2. The van der Waals surface area contributed by atoms with Gasteiger partial charge in [-0.15, -0.1) is 0 Å². The van der Waals surface area contributed by atoms with Crippen LogP contribution in [-0.2, 0) is 13.5 Å². The van der Waals surface area contributed by atoms with Crippen LogP contribution in [0.4, 0.5) is 4.39 Å². The van der Waals surface area contributed by atoms with Gasteiger partial charge in [0.15, 0.2) is 0 Å². The lowest BCUT2D eigenvalue weighted by Crippen LogP contribution is -2.29. The van der Waals surface area contributed by atoms with Crippen molar-refractivity contribution in [1.29, 1.82) is 0 Å². The Morgan fingerprint density at radius 3 is 2.89 bits per heavy atom. The van der Waals surface area contributed by atoms with Crippen LogP contribution in [0, 0.1) is 5.82 Å². The molecule has 0 spiro atoms. The van der Waals surface area contributed by atoms with Crippen LogP contribution in [-0.4, -0.2) is 14.8 Å². The van der Waals surface area contributed by atoms with Crippen molar-refractivity contribution < 1.29 is 4.39 Å². The SMILES string of the molecule is Cn1nccc1CCC(NN)c1ccncc1F. The number of halogens is 1. The Bertz CT molecular complexity index is 511. The van der Waals surface area contributed by atoms with Crippen LogP contribution >= 0.6 is 0 Å². The highest BCUT2D eigenvalue weighted by Crippen LogP contribution is 2.20. The molecule has 0 saturated heterocycles. The lowest BCUT2D eigenvalue weighted by atomic mass is 10.0. The minimum Gasteiger partial charge on any atom is -0.273 e.